The maximum Gasteiger partial charge on any atom is 0.0900 e. The van der Waals surface area contributed by atoms with Gasteiger partial charge in [-0.15, -0.1) is 0 Å². The summed E-state index contributed by atoms with van der Waals surface area (Å²) in [4.78, 5) is 0. The molecule has 2 heteroatoms. The van der Waals surface area contributed by atoms with Gasteiger partial charge in [0.25, 0.3) is 0 Å². The van der Waals surface area contributed by atoms with Crippen molar-refractivity contribution >= 4 is 0 Å². The summed E-state index contributed by atoms with van der Waals surface area (Å²) in [7, 11) is 0. The van der Waals surface area contributed by atoms with Crippen molar-refractivity contribution in [2.45, 2.75) is 65.3 Å². The highest BCUT2D eigenvalue weighted by atomic mass is 16.5. The first kappa shape index (κ1) is 13.1. The number of ether oxygens (including phenoxy) is 1. The Morgan fingerprint density at radius 3 is 1.65 bits per heavy atom. The minimum absolute atomic E-state index is 0.0804. The first-order valence-corrected chi connectivity index (χ1v) is 6.60. The first-order valence-electron chi connectivity index (χ1n) is 6.60. The van der Waals surface area contributed by atoms with E-state index in [0.29, 0.717) is 0 Å². The van der Waals surface area contributed by atoms with E-state index < -0.39 is 5.60 Å². The molecule has 1 fully saturated rings. The Labute approximate surface area is 105 Å². The highest BCUT2D eigenvalue weighted by Crippen LogP contribution is 2.58. The molecule has 98 valence electrons. The van der Waals surface area contributed by atoms with E-state index >= 15 is 0 Å². The van der Waals surface area contributed by atoms with Gasteiger partial charge in [-0.1, -0.05) is 46.8 Å². The molecule has 2 heterocycles. The lowest BCUT2D eigenvalue weighted by Gasteiger charge is -2.60. The van der Waals surface area contributed by atoms with Gasteiger partial charge < -0.3 is 9.84 Å². The fourth-order valence-corrected chi connectivity index (χ4v) is 3.89. The fraction of sp³-hybridized carbons (Fsp3) is 0.867. The maximum atomic E-state index is 11.3. The largest absolute Gasteiger partial charge is 0.389 e. The molecule has 0 radical (unpaired) electrons. The van der Waals surface area contributed by atoms with Gasteiger partial charge in [0.2, 0.25) is 0 Å². The predicted molar refractivity (Wildman–Crippen MR) is 69.8 cm³/mol. The van der Waals surface area contributed by atoms with Crippen molar-refractivity contribution in [1.29, 1.82) is 0 Å². The van der Waals surface area contributed by atoms with E-state index in [0.717, 1.165) is 0 Å². The van der Waals surface area contributed by atoms with E-state index in [-0.39, 0.29) is 28.5 Å². The molecule has 2 bridgehead atoms. The molecule has 2 nitrogen and oxygen atoms in total. The average Bonchev–Trinajstić information content (AvgIpc) is 2.49. The van der Waals surface area contributed by atoms with E-state index in [1.165, 1.54) is 0 Å². The van der Waals surface area contributed by atoms with Crippen molar-refractivity contribution in [3.05, 3.63) is 12.2 Å². The van der Waals surface area contributed by atoms with Gasteiger partial charge in [0.05, 0.1) is 16.8 Å². The van der Waals surface area contributed by atoms with Crippen molar-refractivity contribution in [1.82, 2.24) is 0 Å². The standard InChI is InChI=1S/C15H26O2/c1-10-13(6)8-9-14(7,17-13)11(2)15(10,16)12(3,4)5/h8-11,16H,1-7H3/t10-,11+,13+,14?,15?/m1/s1. The maximum absolute atomic E-state index is 11.3. The Morgan fingerprint density at radius 2 is 1.35 bits per heavy atom. The van der Waals surface area contributed by atoms with Crippen molar-refractivity contribution in [2.24, 2.45) is 17.3 Å². The summed E-state index contributed by atoms with van der Waals surface area (Å²) in [6, 6.07) is 0. The molecular formula is C15H26O2. The number of aliphatic hydroxyl groups is 1. The second kappa shape index (κ2) is 3.16. The summed E-state index contributed by atoms with van der Waals surface area (Å²) in [5.41, 5.74) is -1.57. The summed E-state index contributed by atoms with van der Waals surface area (Å²) in [6.07, 6.45) is 4.27. The monoisotopic (exact) mass is 238 g/mol. The zero-order valence-corrected chi connectivity index (χ0v) is 12.2. The summed E-state index contributed by atoms with van der Waals surface area (Å²) in [5, 5.41) is 11.3. The van der Waals surface area contributed by atoms with Gasteiger partial charge in [-0.25, -0.2) is 0 Å². The third-order valence-electron chi connectivity index (χ3n) is 5.43. The van der Waals surface area contributed by atoms with Gasteiger partial charge in [0.1, 0.15) is 0 Å². The van der Waals surface area contributed by atoms with Gasteiger partial charge in [-0.2, -0.15) is 0 Å². The van der Waals surface area contributed by atoms with E-state index in [1.807, 2.05) is 0 Å². The summed E-state index contributed by atoms with van der Waals surface area (Å²) in [5.74, 6) is 0.161. The van der Waals surface area contributed by atoms with E-state index in [9.17, 15) is 5.11 Å². The van der Waals surface area contributed by atoms with E-state index in [4.69, 9.17) is 4.74 Å². The highest BCUT2D eigenvalue weighted by molar-refractivity contribution is 5.28. The van der Waals surface area contributed by atoms with Crippen LogP contribution in [-0.4, -0.2) is 21.9 Å². The molecule has 1 saturated heterocycles. The molecule has 2 aliphatic rings. The lowest BCUT2D eigenvalue weighted by atomic mass is 9.56. The van der Waals surface area contributed by atoms with Crippen LogP contribution >= 0.6 is 0 Å². The van der Waals surface area contributed by atoms with Crippen molar-refractivity contribution < 1.29 is 9.84 Å². The van der Waals surface area contributed by atoms with Crippen LogP contribution in [0, 0.1) is 17.3 Å². The van der Waals surface area contributed by atoms with Crippen molar-refractivity contribution in [3.63, 3.8) is 0 Å². The Morgan fingerprint density at radius 1 is 1.00 bits per heavy atom. The van der Waals surface area contributed by atoms with Gasteiger partial charge in [-0.05, 0) is 19.3 Å². The van der Waals surface area contributed by atoms with Crippen LogP contribution in [0.25, 0.3) is 0 Å². The van der Waals surface area contributed by atoms with Gasteiger partial charge in [0.15, 0.2) is 0 Å². The molecule has 2 aliphatic heterocycles. The predicted octanol–water partition coefficient (Wildman–Crippen LogP) is 3.15. The Balaban J connectivity index is 2.57. The van der Waals surface area contributed by atoms with Gasteiger partial charge in [0, 0.05) is 11.8 Å². The highest BCUT2D eigenvalue weighted by Gasteiger charge is 2.65. The molecule has 5 atom stereocenters. The number of hydrogen-bond donors (Lipinski definition) is 1. The molecule has 0 aromatic carbocycles. The molecule has 0 aromatic rings. The first-order chi connectivity index (χ1) is 7.47. The van der Waals surface area contributed by atoms with Crippen LogP contribution in [-0.2, 0) is 4.74 Å². The van der Waals surface area contributed by atoms with Gasteiger partial charge in [-0.3, -0.25) is 0 Å². The number of rotatable bonds is 0. The number of fused-ring (bicyclic) bond motifs is 2. The molecule has 0 aliphatic carbocycles. The topological polar surface area (TPSA) is 29.5 Å². The Hall–Kier alpha value is -0.340. The molecule has 0 saturated carbocycles. The van der Waals surface area contributed by atoms with E-state index in [1.54, 1.807) is 0 Å². The van der Waals surface area contributed by atoms with Crippen LogP contribution in [0.3, 0.4) is 0 Å². The van der Waals surface area contributed by atoms with Crippen LogP contribution in [0.2, 0.25) is 0 Å². The molecule has 0 amide bonds. The molecule has 0 aromatic heterocycles. The molecule has 17 heavy (non-hydrogen) atoms. The zero-order valence-electron chi connectivity index (χ0n) is 12.2. The van der Waals surface area contributed by atoms with Gasteiger partial charge >= 0.3 is 0 Å². The van der Waals surface area contributed by atoms with Crippen molar-refractivity contribution in [2.75, 3.05) is 0 Å². The van der Waals surface area contributed by atoms with Crippen LogP contribution in [0.1, 0.15) is 48.5 Å². The minimum atomic E-state index is -0.724. The quantitative estimate of drug-likeness (QED) is 0.657. The fourth-order valence-electron chi connectivity index (χ4n) is 3.89. The van der Waals surface area contributed by atoms with Crippen LogP contribution in [0.5, 0.6) is 0 Å². The SMILES string of the molecule is C[C@H]1C2(C)C=C[C@](C)(O2)[C@@H](C)C1(O)C(C)(C)C. The smallest absolute Gasteiger partial charge is 0.0900 e. The minimum Gasteiger partial charge on any atom is -0.389 e. The summed E-state index contributed by atoms with van der Waals surface area (Å²) < 4.78 is 6.22. The number of hydrogen-bond acceptors (Lipinski definition) is 2. The lowest BCUT2D eigenvalue weighted by molar-refractivity contribution is -0.282. The normalized spacial score (nSPS) is 54.1. The molecule has 2 unspecified atom stereocenters. The summed E-state index contributed by atoms with van der Waals surface area (Å²) in [6.45, 7) is 14.8. The Bertz CT molecular complexity index is 342. The van der Waals surface area contributed by atoms with E-state index in [2.05, 4.69) is 60.6 Å². The molecule has 1 N–H and O–H groups in total. The molecular weight excluding hydrogens is 212 g/mol. The molecule has 2 rings (SSSR count). The third kappa shape index (κ3) is 1.40. The second-order valence-corrected chi connectivity index (χ2v) is 7.32. The second-order valence-electron chi connectivity index (χ2n) is 7.32. The van der Waals surface area contributed by atoms with Crippen LogP contribution in [0.4, 0.5) is 0 Å². The van der Waals surface area contributed by atoms with Crippen LogP contribution < -0.4 is 0 Å². The van der Waals surface area contributed by atoms with Crippen molar-refractivity contribution in [3.8, 4) is 0 Å². The lowest BCUT2D eigenvalue weighted by Crippen LogP contribution is -2.68. The Kier molecular flexibility index (Phi) is 2.43. The average molecular weight is 238 g/mol. The van der Waals surface area contributed by atoms with Crippen LogP contribution in [0.15, 0.2) is 12.2 Å². The summed E-state index contributed by atoms with van der Waals surface area (Å²) >= 11 is 0. The molecule has 0 spiro atoms. The zero-order chi connectivity index (χ0) is 13.3. The third-order valence-corrected chi connectivity index (χ3v) is 5.43.